The molecule has 2 amide bonds. The van der Waals surface area contributed by atoms with Crippen molar-refractivity contribution in [3.63, 3.8) is 0 Å². The maximum Gasteiger partial charge on any atom is 0.264 e. The standard InChI is InChI=1S/C29H33Cl2N3O5S/c1-4-5-17-32-29(36)21(2)33(19-22-11-16-26(30)27(31)18-22)28(35)20-34(23-12-14-24(39-3)15-13-23)40(37,38)25-9-7-6-8-10-25/h6-16,18,21H,4-5,17,19-20H2,1-3H3,(H,32,36). The number of carbonyl (C=O) groups is 2. The second-order valence-corrected chi connectivity index (χ2v) is 11.8. The van der Waals surface area contributed by atoms with Gasteiger partial charge in [0, 0.05) is 13.1 Å². The molecule has 0 aliphatic heterocycles. The zero-order valence-electron chi connectivity index (χ0n) is 22.6. The van der Waals surface area contributed by atoms with E-state index >= 15 is 0 Å². The van der Waals surface area contributed by atoms with E-state index in [0.717, 1.165) is 17.1 Å². The Bertz CT molecular complexity index is 1400. The van der Waals surface area contributed by atoms with Gasteiger partial charge in [-0.05, 0) is 67.4 Å². The highest BCUT2D eigenvalue weighted by Crippen LogP contribution is 2.27. The summed E-state index contributed by atoms with van der Waals surface area (Å²) in [7, 11) is -2.64. The van der Waals surface area contributed by atoms with Gasteiger partial charge in [-0.1, -0.05) is 60.8 Å². The number of benzene rings is 3. The summed E-state index contributed by atoms with van der Waals surface area (Å²) in [5.41, 5.74) is 0.908. The van der Waals surface area contributed by atoms with Gasteiger partial charge in [-0.25, -0.2) is 8.42 Å². The number of methoxy groups -OCH3 is 1. The molecule has 0 saturated carbocycles. The summed E-state index contributed by atoms with van der Waals surface area (Å²) in [5.74, 6) is -0.380. The lowest BCUT2D eigenvalue weighted by molar-refractivity contribution is -0.139. The van der Waals surface area contributed by atoms with Gasteiger partial charge in [0.05, 0.1) is 27.7 Å². The number of rotatable bonds is 13. The van der Waals surface area contributed by atoms with Gasteiger partial charge in [0.25, 0.3) is 10.0 Å². The molecule has 0 saturated heterocycles. The van der Waals surface area contributed by atoms with Crippen LogP contribution in [0.4, 0.5) is 5.69 Å². The zero-order chi connectivity index (χ0) is 29.3. The molecule has 1 N–H and O–H groups in total. The monoisotopic (exact) mass is 605 g/mol. The first-order valence-corrected chi connectivity index (χ1v) is 15.0. The third kappa shape index (κ3) is 7.90. The fraction of sp³-hybridized carbons (Fsp3) is 0.310. The minimum absolute atomic E-state index is 0.0138. The van der Waals surface area contributed by atoms with E-state index in [-0.39, 0.29) is 23.0 Å². The van der Waals surface area contributed by atoms with E-state index in [1.807, 2.05) is 6.92 Å². The van der Waals surface area contributed by atoms with E-state index in [2.05, 4.69) is 5.32 Å². The fourth-order valence-electron chi connectivity index (χ4n) is 3.95. The normalized spacial score (nSPS) is 11.9. The molecule has 0 fully saturated rings. The number of nitrogens with zero attached hydrogens (tertiary/aromatic N) is 2. The zero-order valence-corrected chi connectivity index (χ0v) is 25.0. The number of amides is 2. The summed E-state index contributed by atoms with van der Waals surface area (Å²) < 4.78 is 33.8. The second kappa shape index (κ2) is 14.4. The Morgan fingerprint density at radius 1 is 0.975 bits per heavy atom. The van der Waals surface area contributed by atoms with Crippen molar-refractivity contribution in [2.45, 2.75) is 44.2 Å². The van der Waals surface area contributed by atoms with Crippen LogP contribution in [-0.4, -0.2) is 51.4 Å². The van der Waals surface area contributed by atoms with Crippen molar-refractivity contribution in [3.05, 3.63) is 88.4 Å². The van der Waals surface area contributed by atoms with Crippen molar-refractivity contribution in [2.75, 3.05) is 24.5 Å². The molecule has 0 bridgehead atoms. The number of halogens is 2. The summed E-state index contributed by atoms with van der Waals surface area (Å²) >= 11 is 12.3. The highest BCUT2D eigenvalue weighted by molar-refractivity contribution is 7.92. The first-order chi connectivity index (χ1) is 19.1. The summed E-state index contributed by atoms with van der Waals surface area (Å²) in [4.78, 5) is 28.3. The molecule has 0 radical (unpaired) electrons. The van der Waals surface area contributed by atoms with E-state index < -0.39 is 28.5 Å². The summed E-state index contributed by atoms with van der Waals surface area (Å²) in [6.07, 6.45) is 1.69. The van der Waals surface area contributed by atoms with Gasteiger partial charge in [0.15, 0.2) is 0 Å². The summed E-state index contributed by atoms with van der Waals surface area (Å²) in [6.45, 7) is 3.56. The van der Waals surface area contributed by atoms with Crippen molar-refractivity contribution in [3.8, 4) is 5.75 Å². The largest absolute Gasteiger partial charge is 0.497 e. The molecule has 0 spiro atoms. The van der Waals surface area contributed by atoms with Crippen molar-refractivity contribution in [2.24, 2.45) is 0 Å². The lowest BCUT2D eigenvalue weighted by atomic mass is 10.1. The maximum absolute atomic E-state index is 13.9. The van der Waals surface area contributed by atoms with Crippen LogP contribution >= 0.6 is 23.2 Å². The van der Waals surface area contributed by atoms with Crippen molar-refractivity contribution in [1.82, 2.24) is 10.2 Å². The number of ether oxygens (including phenoxy) is 1. The highest BCUT2D eigenvalue weighted by atomic mass is 35.5. The number of nitrogens with one attached hydrogen (secondary N) is 1. The van der Waals surface area contributed by atoms with Crippen LogP contribution in [0.15, 0.2) is 77.7 Å². The predicted octanol–water partition coefficient (Wildman–Crippen LogP) is 5.53. The van der Waals surface area contributed by atoms with E-state index in [0.29, 0.717) is 27.9 Å². The van der Waals surface area contributed by atoms with E-state index in [4.69, 9.17) is 27.9 Å². The van der Waals surface area contributed by atoms with Crippen molar-refractivity contribution in [1.29, 1.82) is 0 Å². The van der Waals surface area contributed by atoms with Gasteiger partial charge in [-0.3, -0.25) is 13.9 Å². The molecule has 40 heavy (non-hydrogen) atoms. The van der Waals surface area contributed by atoms with Gasteiger partial charge in [-0.2, -0.15) is 0 Å². The molecule has 8 nitrogen and oxygen atoms in total. The topological polar surface area (TPSA) is 96.0 Å². The van der Waals surface area contributed by atoms with Crippen LogP contribution in [-0.2, 0) is 26.2 Å². The number of unbranched alkanes of at least 4 members (excludes halogenated alkanes) is 1. The Labute approximate surface area is 245 Å². The number of hydrogen-bond donors (Lipinski definition) is 1. The molecule has 0 heterocycles. The molecule has 1 unspecified atom stereocenters. The summed E-state index contributed by atoms with van der Waals surface area (Å²) in [6, 6.07) is 18.3. The average molecular weight is 607 g/mol. The van der Waals surface area contributed by atoms with Gasteiger partial charge >= 0.3 is 0 Å². The van der Waals surface area contributed by atoms with E-state index in [9.17, 15) is 18.0 Å². The number of carbonyl (C=O) groups excluding carboxylic acids is 2. The first kappa shape index (κ1) is 31.3. The minimum atomic E-state index is -4.15. The van der Waals surface area contributed by atoms with Crippen LogP contribution in [0.5, 0.6) is 5.75 Å². The van der Waals surface area contributed by atoms with Gasteiger partial charge in [-0.15, -0.1) is 0 Å². The number of sulfonamides is 1. The Morgan fingerprint density at radius 2 is 1.65 bits per heavy atom. The fourth-order valence-corrected chi connectivity index (χ4v) is 5.71. The van der Waals surface area contributed by atoms with E-state index in [1.54, 1.807) is 67.6 Å². The maximum atomic E-state index is 13.9. The quantitative estimate of drug-likeness (QED) is 0.258. The Kier molecular flexibility index (Phi) is 11.2. The minimum Gasteiger partial charge on any atom is -0.497 e. The van der Waals surface area contributed by atoms with Crippen LogP contribution in [0.3, 0.4) is 0 Å². The molecule has 1 atom stereocenters. The van der Waals surface area contributed by atoms with Crippen molar-refractivity contribution < 1.29 is 22.7 Å². The van der Waals surface area contributed by atoms with Gasteiger partial charge in [0.1, 0.15) is 18.3 Å². The average Bonchev–Trinajstić information content (AvgIpc) is 2.96. The molecule has 214 valence electrons. The third-order valence-electron chi connectivity index (χ3n) is 6.30. The molecule has 3 aromatic carbocycles. The Hall–Kier alpha value is -3.27. The highest BCUT2D eigenvalue weighted by Gasteiger charge is 2.32. The lowest BCUT2D eigenvalue weighted by Crippen LogP contribution is -2.51. The number of anilines is 1. The predicted molar refractivity (Wildman–Crippen MR) is 158 cm³/mol. The molecule has 3 rings (SSSR count). The van der Waals surface area contributed by atoms with Gasteiger partial charge in [0.2, 0.25) is 11.8 Å². The van der Waals surface area contributed by atoms with Gasteiger partial charge < -0.3 is 15.0 Å². The second-order valence-electron chi connectivity index (χ2n) is 9.11. The smallest absolute Gasteiger partial charge is 0.264 e. The van der Waals surface area contributed by atoms with Crippen LogP contribution in [0.25, 0.3) is 0 Å². The molecule has 11 heteroatoms. The molecule has 0 aliphatic rings. The summed E-state index contributed by atoms with van der Waals surface area (Å²) in [5, 5.41) is 3.51. The van der Waals surface area contributed by atoms with Crippen LogP contribution in [0.1, 0.15) is 32.3 Å². The lowest BCUT2D eigenvalue weighted by Gasteiger charge is -2.32. The van der Waals surface area contributed by atoms with Crippen LogP contribution < -0.4 is 14.4 Å². The molecular weight excluding hydrogens is 573 g/mol. The van der Waals surface area contributed by atoms with Crippen LogP contribution in [0.2, 0.25) is 10.0 Å². The van der Waals surface area contributed by atoms with Crippen molar-refractivity contribution >= 4 is 50.7 Å². The molecular formula is C29H33Cl2N3O5S. The third-order valence-corrected chi connectivity index (χ3v) is 8.83. The Balaban J connectivity index is 2.00. The number of hydrogen-bond acceptors (Lipinski definition) is 5. The molecule has 3 aromatic rings. The van der Waals surface area contributed by atoms with Crippen LogP contribution in [0, 0.1) is 0 Å². The first-order valence-electron chi connectivity index (χ1n) is 12.8. The molecule has 0 aromatic heterocycles. The Morgan fingerprint density at radius 3 is 2.25 bits per heavy atom. The molecule has 0 aliphatic carbocycles. The van der Waals surface area contributed by atoms with E-state index in [1.165, 1.54) is 24.1 Å². The SMILES string of the molecule is CCCCNC(=O)C(C)N(Cc1ccc(Cl)c(Cl)c1)C(=O)CN(c1ccc(OC)cc1)S(=O)(=O)c1ccccc1.